The average molecular weight is 485 g/mol. The monoisotopic (exact) mass is 484 g/mol. The standard InChI is InChI=1S/C26H33FN2O4Si/c1-17-25(32-2)20-16-19(10-12-22(20)33-26(17)23(14-15-30)34(3,4)27)29-24(31)13-11-21(28-29)18-8-6-5-7-9-18/h5-10,12,16-17,23,25-26,30H,11,13-15H2,1-4H3/t17-,23?,25-,26-/m1/s1. The summed E-state index contributed by atoms with van der Waals surface area (Å²) in [5.74, 6) is 0.424. The summed E-state index contributed by atoms with van der Waals surface area (Å²) in [6.45, 7) is 5.23. The molecular formula is C26H33FN2O4Si. The molecular weight excluding hydrogens is 451 g/mol. The Kier molecular flexibility index (Phi) is 7.21. The number of benzene rings is 2. The van der Waals surface area contributed by atoms with E-state index in [1.807, 2.05) is 55.5 Å². The highest BCUT2D eigenvalue weighted by Crippen LogP contribution is 2.48. The predicted octanol–water partition coefficient (Wildman–Crippen LogP) is 5.23. The quantitative estimate of drug-likeness (QED) is 0.432. The van der Waals surface area contributed by atoms with E-state index in [2.05, 4.69) is 5.10 Å². The van der Waals surface area contributed by atoms with Crippen molar-refractivity contribution in [2.24, 2.45) is 11.0 Å². The molecule has 8 heteroatoms. The number of rotatable bonds is 7. The largest absolute Gasteiger partial charge is 0.490 e. The second-order valence-electron chi connectivity index (χ2n) is 9.62. The summed E-state index contributed by atoms with van der Waals surface area (Å²) in [7, 11) is -1.46. The average Bonchev–Trinajstić information content (AvgIpc) is 2.82. The van der Waals surface area contributed by atoms with Gasteiger partial charge in [0.05, 0.1) is 17.5 Å². The SMILES string of the molecule is CO[C@H]1c2cc(N3N=C(c4ccccc4)CCC3=O)ccc2O[C@@H](C(CCO)[Si](C)(C)F)[C@@H]1C. The lowest BCUT2D eigenvalue weighted by molar-refractivity contribution is -0.118. The van der Waals surface area contributed by atoms with Crippen LogP contribution in [0.15, 0.2) is 53.6 Å². The maximum Gasteiger partial charge on any atom is 0.247 e. The molecule has 1 unspecified atom stereocenters. The Hall–Kier alpha value is -2.55. The van der Waals surface area contributed by atoms with E-state index < -0.39 is 14.5 Å². The van der Waals surface area contributed by atoms with Crippen LogP contribution in [0.2, 0.25) is 18.6 Å². The zero-order valence-electron chi connectivity index (χ0n) is 20.2. The van der Waals surface area contributed by atoms with Crippen molar-refractivity contribution in [2.75, 3.05) is 18.7 Å². The molecule has 0 radical (unpaired) electrons. The fraction of sp³-hybridized carbons (Fsp3) is 0.462. The number of ether oxygens (including phenoxy) is 2. The first kappa shape index (κ1) is 24.6. The number of methoxy groups -OCH3 is 1. The second-order valence-corrected chi connectivity index (χ2v) is 13.5. The number of hydrogen-bond acceptors (Lipinski definition) is 5. The number of nitrogens with zero attached hydrogens (tertiary/aromatic N) is 2. The van der Waals surface area contributed by atoms with Gasteiger partial charge in [-0.25, -0.2) is 5.01 Å². The number of carbonyl (C=O) groups excluding carboxylic acids is 1. The molecule has 0 saturated heterocycles. The Balaban J connectivity index is 1.69. The molecule has 0 fully saturated rings. The Morgan fingerprint density at radius 1 is 1.24 bits per heavy atom. The maximum absolute atomic E-state index is 15.2. The van der Waals surface area contributed by atoms with Crippen LogP contribution in [0, 0.1) is 5.92 Å². The fourth-order valence-electron chi connectivity index (χ4n) is 5.13. The lowest BCUT2D eigenvalue weighted by Crippen LogP contribution is -2.46. The third-order valence-electron chi connectivity index (χ3n) is 6.92. The molecule has 1 amide bonds. The first-order valence-electron chi connectivity index (χ1n) is 11.8. The van der Waals surface area contributed by atoms with Gasteiger partial charge in [-0.05, 0) is 43.3 Å². The molecule has 0 bridgehead atoms. The molecule has 0 aromatic heterocycles. The van der Waals surface area contributed by atoms with E-state index in [0.717, 1.165) is 16.8 Å². The van der Waals surface area contributed by atoms with Crippen LogP contribution in [-0.2, 0) is 9.53 Å². The molecule has 2 aromatic rings. The number of carbonyl (C=O) groups is 1. The number of aliphatic hydroxyl groups is 1. The van der Waals surface area contributed by atoms with Gasteiger partial charge in [0.2, 0.25) is 14.3 Å². The van der Waals surface area contributed by atoms with E-state index in [4.69, 9.17) is 9.47 Å². The highest BCUT2D eigenvalue weighted by Gasteiger charge is 2.47. The molecule has 2 aliphatic heterocycles. The van der Waals surface area contributed by atoms with Crippen LogP contribution < -0.4 is 9.75 Å². The molecule has 4 rings (SSSR count). The number of aliphatic hydroxyl groups excluding tert-OH is 1. The summed E-state index contributed by atoms with van der Waals surface area (Å²) in [4.78, 5) is 12.8. The minimum Gasteiger partial charge on any atom is -0.490 e. The number of halogens is 1. The van der Waals surface area contributed by atoms with Crippen LogP contribution >= 0.6 is 0 Å². The normalized spacial score (nSPS) is 23.7. The smallest absolute Gasteiger partial charge is 0.247 e. The second kappa shape index (κ2) is 9.97. The van der Waals surface area contributed by atoms with Gasteiger partial charge in [0.25, 0.3) is 0 Å². The summed E-state index contributed by atoms with van der Waals surface area (Å²) in [5.41, 5.74) is 2.98. The summed E-state index contributed by atoms with van der Waals surface area (Å²) in [5, 5.41) is 15.7. The van der Waals surface area contributed by atoms with Crippen molar-refractivity contribution >= 4 is 25.7 Å². The van der Waals surface area contributed by atoms with Crippen LogP contribution in [0.5, 0.6) is 5.75 Å². The number of hydrogen-bond donors (Lipinski definition) is 1. The van der Waals surface area contributed by atoms with Crippen molar-refractivity contribution in [1.82, 2.24) is 0 Å². The van der Waals surface area contributed by atoms with Gasteiger partial charge in [-0.2, -0.15) is 5.10 Å². The Labute approximate surface area is 201 Å². The fourth-order valence-corrected chi connectivity index (χ4v) is 7.09. The van der Waals surface area contributed by atoms with Gasteiger partial charge in [0.15, 0.2) is 0 Å². The minimum atomic E-state index is -3.10. The van der Waals surface area contributed by atoms with E-state index in [9.17, 15) is 9.90 Å². The molecule has 2 aliphatic rings. The Morgan fingerprint density at radius 3 is 2.62 bits per heavy atom. The first-order valence-corrected chi connectivity index (χ1v) is 14.8. The Bertz CT molecular complexity index is 1060. The van der Waals surface area contributed by atoms with Crippen LogP contribution in [-0.4, -0.2) is 45.0 Å². The third kappa shape index (κ3) is 4.80. The van der Waals surface area contributed by atoms with E-state index in [-0.39, 0.29) is 30.1 Å². The zero-order chi connectivity index (χ0) is 24.5. The number of amides is 1. The predicted molar refractivity (Wildman–Crippen MR) is 134 cm³/mol. The molecule has 0 saturated carbocycles. The lowest BCUT2D eigenvalue weighted by atomic mass is 9.86. The number of hydrazone groups is 1. The summed E-state index contributed by atoms with van der Waals surface area (Å²) in [6.07, 6.45) is 0.604. The molecule has 2 heterocycles. The Morgan fingerprint density at radius 2 is 1.97 bits per heavy atom. The summed E-state index contributed by atoms with van der Waals surface area (Å²) >= 11 is 0. The highest BCUT2D eigenvalue weighted by atomic mass is 28.4. The van der Waals surface area contributed by atoms with E-state index in [1.54, 1.807) is 20.2 Å². The van der Waals surface area contributed by atoms with Crippen molar-refractivity contribution in [3.8, 4) is 5.75 Å². The van der Waals surface area contributed by atoms with Gasteiger partial charge in [-0.15, -0.1) is 0 Å². The van der Waals surface area contributed by atoms with Crippen molar-refractivity contribution < 1.29 is 23.5 Å². The molecule has 182 valence electrons. The summed E-state index contributed by atoms with van der Waals surface area (Å²) in [6, 6.07) is 15.4. The highest BCUT2D eigenvalue weighted by molar-refractivity contribution is 6.72. The van der Waals surface area contributed by atoms with Crippen LogP contribution in [0.4, 0.5) is 9.80 Å². The number of anilines is 1. The topological polar surface area (TPSA) is 71.4 Å². The molecule has 2 aromatic carbocycles. The summed E-state index contributed by atoms with van der Waals surface area (Å²) < 4.78 is 27.4. The van der Waals surface area contributed by atoms with E-state index in [1.165, 1.54) is 5.01 Å². The van der Waals surface area contributed by atoms with Crippen LogP contribution in [0.1, 0.15) is 43.4 Å². The zero-order valence-corrected chi connectivity index (χ0v) is 21.2. The van der Waals surface area contributed by atoms with Crippen molar-refractivity contribution in [3.05, 3.63) is 59.7 Å². The van der Waals surface area contributed by atoms with Gasteiger partial charge < -0.3 is 18.7 Å². The first-order chi connectivity index (χ1) is 16.2. The van der Waals surface area contributed by atoms with Gasteiger partial charge in [0.1, 0.15) is 11.9 Å². The minimum absolute atomic E-state index is 0.0653. The molecule has 0 spiro atoms. The van der Waals surface area contributed by atoms with Gasteiger partial charge in [-0.1, -0.05) is 37.3 Å². The van der Waals surface area contributed by atoms with E-state index >= 15 is 4.11 Å². The van der Waals surface area contributed by atoms with Crippen molar-refractivity contribution in [2.45, 2.75) is 57.0 Å². The molecule has 1 N–H and O–H groups in total. The van der Waals surface area contributed by atoms with Crippen molar-refractivity contribution in [1.29, 1.82) is 0 Å². The van der Waals surface area contributed by atoms with Gasteiger partial charge >= 0.3 is 0 Å². The number of fused-ring (bicyclic) bond motifs is 1. The molecule has 34 heavy (non-hydrogen) atoms. The third-order valence-corrected chi connectivity index (χ3v) is 9.30. The van der Waals surface area contributed by atoms with Crippen LogP contribution in [0.25, 0.3) is 0 Å². The molecule has 0 aliphatic carbocycles. The van der Waals surface area contributed by atoms with E-state index in [0.29, 0.717) is 30.7 Å². The van der Waals surface area contributed by atoms with Crippen LogP contribution in [0.3, 0.4) is 0 Å². The molecule has 4 atom stereocenters. The van der Waals surface area contributed by atoms with Crippen molar-refractivity contribution in [3.63, 3.8) is 0 Å². The maximum atomic E-state index is 15.2. The molecule has 6 nitrogen and oxygen atoms in total. The van der Waals surface area contributed by atoms with Gasteiger partial charge in [0, 0.05) is 43.6 Å². The lowest BCUT2D eigenvalue weighted by Gasteiger charge is -2.43. The van der Waals surface area contributed by atoms with Gasteiger partial charge in [-0.3, -0.25) is 4.79 Å².